The SMILES string of the molecule is N#C[C@H](C[C@@H]1CCCNC1=O)NC(=O)[C@@H]1[C@H]2CC[C@H](CC2(F)F)N1C(=O)[C@@]1(O)c2ccccc2-c2ccc(Cl)cc21. The van der Waals surface area contributed by atoms with Gasteiger partial charge in [0.15, 0.2) is 5.60 Å². The zero-order chi connectivity index (χ0) is 29.1. The average Bonchev–Trinajstić information content (AvgIpc) is 3.21. The van der Waals surface area contributed by atoms with E-state index in [1.54, 1.807) is 36.4 Å². The second kappa shape index (κ2) is 10.1. The van der Waals surface area contributed by atoms with Crippen molar-refractivity contribution in [3.63, 3.8) is 0 Å². The second-order valence-electron chi connectivity index (χ2n) is 11.5. The molecule has 3 amide bonds. The van der Waals surface area contributed by atoms with Crippen molar-refractivity contribution in [1.29, 1.82) is 5.26 Å². The molecule has 8 nitrogen and oxygen atoms in total. The Morgan fingerprint density at radius 2 is 1.93 bits per heavy atom. The fourth-order valence-corrected chi connectivity index (χ4v) is 7.36. The van der Waals surface area contributed by atoms with Crippen molar-refractivity contribution in [2.24, 2.45) is 11.8 Å². The van der Waals surface area contributed by atoms with E-state index in [0.717, 1.165) is 11.3 Å². The van der Waals surface area contributed by atoms with Gasteiger partial charge < -0.3 is 20.6 Å². The predicted molar refractivity (Wildman–Crippen MR) is 144 cm³/mol. The van der Waals surface area contributed by atoms with Gasteiger partial charge in [0.2, 0.25) is 11.8 Å². The van der Waals surface area contributed by atoms with Crippen molar-refractivity contribution in [3.8, 4) is 17.2 Å². The predicted octanol–water partition coefficient (Wildman–Crippen LogP) is 3.50. The molecule has 1 saturated carbocycles. The third-order valence-electron chi connectivity index (χ3n) is 9.12. The minimum absolute atomic E-state index is 0.0131. The highest BCUT2D eigenvalue weighted by molar-refractivity contribution is 6.31. The fraction of sp³-hybridized carbons (Fsp3) is 0.467. The molecule has 4 fully saturated rings. The number of carbonyl (C=O) groups excluding carboxylic acids is 3. The van der Waals surface area contributed by atoms with Gasteiger partial charge in [0, 0.05) is 41.1 Å². The summed E-state index contributed by atoms with van der Waals surface area (Å²) in [6, 6.07) is 9.88. The summed E-state index contributed by atoms with van der Waals surface area (Å²) in [5.74, 6) is -7.19. The first-order chi connectivity index (χ1) is 19.6. The van der Waals surface area contributed by atoms with Crippen LogP contribution < -0.4 is 10.6 Å². The van der Waals surface area contributed by atoms with Gasteiger partial charge in [-0.2, -0.15) is 5.26 Å². The van der Waals surface area contributed by atoms with Crippen LogP contribution in [0.3, 0.4) is 0 Å². The maximum atomic E-state index is 15.3. The minimum Gasteiger partial charge on any atom is -0.372 e. The van der Waals surface area contributed by atoms with Crippen molar-refractivity contribution in [3.05, 3.63) is 58.6 Å². The minimum atomic E-state index is -3.22. The van der Waals surface area contributed by atoms with Crippen LogP contribution in [0.1, 0.15) is 49.7 Å². The number of rotatable bonds is 5. The topological polar surface area (TPSA) is 123 Å². The molecule has 3 saturated heterocycles. The summed E-state index contributed by atoms with van der Waals surface area (Å²) in [5, 5.41) is 27.6. The Labute approximate surface area is 240 Å². The highest BCUT2D eigenvalue weighted by Gasteiger charge is 2.63. The molecule has 0 unspecified atom stereocenters. The van der Waals surface area contributed by atoms with E-state index in [4.69, 9.17) is 11.6 Å². The van der Waals surface area contributed by atoms with Gasteiger partial charge in [0.25, 0.3) is 11.8 Å². The standard InChI is InChI=1S/C30H29ClF2N4O4/c31-17-7-9-21-20-5-1-2-6-22(20)30(41,24(21)13-17)28(40)37-19-8-10-23(29(32,33)14-19)25(37)27(39)36-18(15-34)12-16-4-3-11-35-26(16)38/h1-2,5-7,9,13,16,18-19,23,25,41H,3-4,8,10-12,14H2,(H,35,38)(H,36,39)/t16-,18-,19+,23+,25-,30+/m0/s1. The van der Waals surface area contributed by atoms with Crippen LogP contribution in [0.4, 0.5) is 8.78 Å². The summed E-state index contributed by atoms with van der Waals surface area (Å²) in [6.07, 6.45) is 0.943. The summed E-state index contributed by atoms with van der Waals surface area (Å²) in [4.78, 5) is 41.6. The Kier molecular flexibility index (Phi) is 6.78. The number of amides is 3. The third kappa shape index (κ3) is 4.37. The molecule has 2 aliphatic carbocycles. The van der Waals surface area contributed by atoms with Crippen LogP contribution in [-0.2, 0) is 20.0 Å². The molecule has 3 N–H and O–H groups in total. The number of nitriles is 1. The van der Waals surface area contributed by atoms with Crippen LogP contribution in [0.15, 0.2) is 42.5 Å². The van der Waals surface area contributed by atoms with E-state index in [-0.39, 0.29) is 41.3 Å². The van der Waals surface area contributed by atoms with Gasteiger partial charge >= 0.3 is 0 Å². The van der Waals surface area contributed by atoms with E-state index in [2.05, 4.69) is 10.6 Å². The van der Waals surface area contributed by atoms with E-state index in [1.165, 1.54) is 6.07 Å². The molecule has 3 aliphatic heterocycles. The second-order valence-corrected chi connectivity index (χ2v) is 11.9. The molecule has 214 valence electrons. The lowest BCUT2D eigenvalue weighted by molar-refractivity contribution is -0.201. The summed E-state index contributed by atoms with van der Waals surface area (Å²) >= 11 is 6.27. The van der Waals surface area contributed by atoms with Gasteiger partial charge in [-0.1, -0.05) is 41.9 Å². The van der Waals surface area contributed by atoms with Crippen molar-refractivity contribution < 1.29 is 28.3 Å². The number of halogens is 3. The van der Waals surface area contributed by atoms with E-state index in [1.807, 2.05) is 6.07 Å². The molecular formula is C30H29ClF2N4O4. The number of benzene rings is 2. The normalized spacial score (nSPS) is 30.0. The smallest absolute Gasteiger partial charge is 0.264 e. The van der Waals surface area contributed by atoms with Crippen LogP contribution in [0.5, 0.6) is 0 Å². The Morgan fingerprint density at radius 3 is 2.66 bits per heavy atom. The zero-order valence-corrected chi connectivity index (χ0v) is 22.8. The van der Waals surface area contributed by atoms with Gasteiger partial charge in [-0.25, -0.2) is 8.78 Å². The Balaban J connectivity index is 1.36. The Hall–Kier alpha value is -3.55. The fourth-order valence-electron chi connectivity index (χ4n) is 7.19. The van der Waals surface area contributed by atoms with Gasteiger partial charge in [0.05, 0.1) is 12.0 Å². The molecule has 6 atom stereocenters. The molecule has 2 aromatic carbocycles. The molecule has 0 spiro atoms. The summed E-state index contributed by atoms with van der Waals surface area (Å²) in [5.41, 5.74) is -0.546. The number of piperidine rings is 3. The first-order valence-electron chi connectivity index (χ1n) is 13.9. The molecule has 7 rings (SSSR count). The monoisotopic (exact) mass is 582 g/mol. The van der Waals surface area contributed by atoms with Crippen LogP contribution in [-0.4, -0.2) is 58.3 Å². The quantitative estimate of drug-likeness (QED) is 0.498. The van der Waals surface area contributed by atoms with Gasteiger partial charge in [-0.3, -0.25) is 14.4 Å². The van der Waals surface area contributed by atoms with E-state index >= 15 is 8.78 Å². The largest absolute Gasteiger partial charge is 0.372 e. The lowest BCUT2D eigenvalue weighted by Crippen LogP contribution is -2.70. The number of fused-ring (bicyclic) bond motifs is 6. The van der Waals surface area contributed by atoms with E-state index < -0.39 is 59.7 Å². The number of nitrogens with zero attached hydrogens (tertiary/aromatic N) is 2. The van der Waals surface area contributed by atoms with Crippen LogP contribution in [0.2, 0.25) is 5.02 Å². The number of aliphatic hydroxyl groups is 1. The molecule has 0 radical (unpaired) electrons. The molecule has 3 heterocycles. The van der Waals surface area contributed by atoms with Crippen molar-refractivity contribution in [2.45, 2.75) is 68.2 Å². The van der Waals surface area contributed by atoms with E-state index in [9.17, 15) is 24.8 Å². The molecule has 2 aromatic rings. The van der Waals surface area contributed by atoms with Gasteiger partial charge in [-0.15, -0.1) is 0 Å². The van der Waals surface area contributed by atoms with Crippen molar-refractivity contribution >= 4 is 29.3 Å². The average molecular weight is 583 g/mol. The van der Waals surface area contributed by atoms with E-state index in [0.29, 0.717) is 24.1 Å². The van der Waals surface area contributed by atoms with Gasteiger partial charge in [-0.05, 0) is 55.4 Å². The summed E-state index contributed by atoms with van der Waals surface area (Å²) < 4.78 is 30.6. The van der Waals surface area contributed by atoms with Gasteiger partial charge in [0.1, 0.15) is 12.1 Å². The highest BCUT2D eigenvalue weighted by atomic mass is 35.5. The third-order valence-corrected chi connectivity index (χ3v) is 9.35. The zero-order valence-electron chi connectivity index (χ0n) is 22.1. The molecular weight excluding hydrogens is 554 g/mol. The highest BCUT2D eigenvalue weighted by Crippen LogP contribution is 2.54. The first kappa shape index (κ1) is 27.6. The molecule has 5 aliphatic rings. The maximum absolute atomic E-state index is 15.3. The van der Waals surface area contributed by atoms with Crippen LogP contribution in [0, 0.1) is 23.2 Å². The Morgan fingerprint density at radius 1 is 1.17 bits per heavy atom. The maximum Gasteiger partial charge on any atom is 0.264 e. The summed E-state index contributed by atoms with van der Waals surface area (Å²) in [6.45, 7) is 0.538. The van der Waals surface area contributed by atoms with Crippen molar-refractivity contribution in [2.75, 3.05) is 6.54 Å². The van der Waals surface area contributed by atoms with Crippen molar-refractivity contribution in [1.82, 2.24) is 15.5 Å². The number of alkyl halides is 2. The number of nitrogens with one attached hydrogen (secondary N) is 2. The molecule has 11 heteroatoms. The lowest BCUT2D eigenvalue weighted by Gasteiger charge is -2.54. The molecule has 0 aromatic heterocycles. The molecule has 2 bridgehead atoms. The first-order valence-corrected chi connectivity index (χ1v) is 14.2. The number of hydrogen-bond donors (Lipinski definition) is 3. The molecule has 41 heavy (non-hydrogen) atoms. The summed E-state index contributed by atoms with van der Waals surface area (Å²) in [7, 11) is 0. The van der Waals surface area contributed by atoms with Crippen LogP contribution >= 0.6 is 11.6 Å². The number of carbonyl (C=O) groups is 3. The lowest BCUT2D eigenvalue weighted by atomic mass is 9.70. The Bertz CT molecular complexity index is 1480. The van der Waals surface area contributed by atoms with Crippen LogP contribution in [0.25, 0.3) is 11.1 Å². The number of hydrogen-bond acceptors (Lipinski definition) is 5.